The van der Waals surface area contributed by atoms with Gasteiger partial charge in [-0.05, 0) is 32.4 Å². The summed E-state index contributed by atoms with van der Waals surface area (Å²) in [6.45, 7) is 15.1. The first-order valence-electron chi connectivity index (χ1n) is 7.63. The third kappa shape index (κ3) is 4.55. The second-order valence-corrected chi connectivity index (χ2v) is 7.62. The Morgan fingerprint density at radius 1 is 1.35 bits per heavy atom. The molecule has 0 amide bonds. The number of nitrogens with one attached hydrogen (secondary N) is 1. The quantitative estimate of drug-likeness (QED) is 0.903. The largest absolute Gasteiger partial charge is 0.373 e. The summed E-state index contributed by atoms with van der Waals surface area (Å²) in [6.07, 6.45) is 0.694. The summed E-state index contributed by atoms with van der Waals surface area (Å²) in [4.78, 5) is 5.42. The van der Waals surface area contributed by atoms with Gasteiger partial charge in [-0.3, -0.25) is 4.90 Å². The van der Waals surface area contributed by atoms with E-state index >= 15 is 0 Å². The Balaban J connectivity index is 1.95. The van der Waals surface area contributed by atoms with Crippen LogP contribution >= 0.6 is 11.3 Å². The zero-order chi connectivity index (χ0) is 14.7. The van der Waals surface area contributed by atoms with Gasteiger partial charge in [-0.1, -0.05) is 13.8 Å². The minimum atomic E-state index is 0.347. The average Bonchev–Trinajstić information content (AvgIpc) is 2.66. The van der Waals surface area contributed by atoms with Crippen LogP contribution in [0.25, 0.3) is 0 Å². The molecular weight excluding hydrogens is 268 g/mol. The number of rotatable bonds is 5. The fourth-order valence-electron chi connectivity index (χ4n) is 2.79. The van der Waals surface area contributed by atoms with Gasteiger partial charge in [0.2, 0.25) is 0 Å². The summed E-state index contributed by atoms with van der Waals surface area (Å²) in [5.74, 6) is 0. The summed E-state index contributed by atoms with van der Waals surface area (Å²) < 4.78 is 5.81. The molecule has 1 aliphatic heterocycles. The standard InChI is InChI=1S/C16H28N2OS/c1-11(2)17-7-16-6-15(14(5)20-16)10-18-8-12(3)19-13(4)9-18/h6,11-13,17H,7-10H2,1-5H3/t12-,13+. The summed E-state index contributed by atoms with van der Waals surface area (Å²) in [6, 6.07) is 2.92. The molecule has 3 nitrogen and oxygen atoms in total. The molecule has 0 spiro atoms. The lowest BCUT2D eigenvalue weighted by atomic mass is 10.2. The first-order chi connectivity index (χ1) is 9.44. The molecule has 0 unspecified atom stereocenters. The van der Waals surface area contributed by atoms with E-state index in [-0.39, 0.29) is 0 Å². The van der Waals surface area contributed by atoms with Crippen LogP contribution in [-0.4, -0.2) is 36.2 Å². The fraction of sp³-hybridized carbons (Fsp3) is 0.750. The molecule has 1 aliphatic rings. The molecular formula is C16H28N2OS. The van der Waals surface area contributed by atoms with E-state index in [2.05, 4.69) is 50.9 Å². The Morgan fingerprint density at radius 2 is 2.00 bits per heavy atom. The number of hydrogen-bond donors (Lipinski definition) is 1. The van der Waals surface area contributed by atoms with E-state index in [4.69, 9.17) is 4.74 Å². The predicted octanol–water partition coefficient (Wildman–Crippen LogP) is 3.16. The first-order valence-corrected chi connectivity index (χ1v) is 8.45. The van der Waals surface area contributed by atoms with E-state index in [0.717, 1.165) is 26.2 Å². The van der Waals surface area contributed by atoms with Crippen LogP contribution in [0.2, 0.25) is 0 Å². The maximum Gasteiger partial charge on any atom is 0.0678 e. The normalized spacial score (nSPS) is 24.5. The molecule has 20 heavy (non-hydrogen) atoms. The molecule has 0 radical (unpaired) electrons. The van der Waals surface area contributed by atoms with Gasteiger partial charge in [0.25, 0.3) is 0 Å². The van der Waals surface area contributed by atoms with Gasteiger partial charge in [-0.2, -0.15) is 0 Å². The molecule has 0 aromatic carbocycles. The Kier molecular flexibility index (Phi) is 5.61. The number of morpholine rings is 1. The topological polar surface area (TPSA) is 24.5 Å². The van der Waals surface area contributed by atoms with E-state index in [9.17, 15) is 0 Å². The maximum atomic E-state index is 5.81. The van der Waals surface area contributed by atoms with Gasteiger partial charge in [0.15, 0.2) is 0 Å². The molecule has 114 valence electrons. The van der Waals surface area contributed by atoms with Crippen LogP contribution in [0.15, 0.2) is 6.07 Å². The Hall–Kier alpha value is -0.420. The summed E-state index contributed by atoms with van der Waals surface area (Å²) in [5.41, 5.74) is 1.48. The fourth-order valence-corrected chi connectivity index (χ4v) is 3.80. The van der Waals surface area contributed by atoms with E-state index < -0.39 is 0 Å². The highest BCUT2D eigenvalue weighted by Gasteiger charge is 2.22. The van der Waals surface area contributed by atoms with Crippen molar-refractivity contribution in [1.29, 1.82) is 0 Å². The van der Waals surface area contributed by atoms with E-state index in [1.54, 1.807) is 0 Å². The maximum absolute atomic E-state index is 5.81. The lowest BCUT2D eigenvalue weighted by Crippen LogP contribution is -2.44. The van der Waals surface area contributed by atoms with Crippen molar-refractivity contribution in [2.24, 2.45) is 0 Å². The summed E-state index contributed by atoms with van der Waals surface area (Å²) >= 11 is 1.93. The molecule has 1 aromatic rings. The molecule has 0 aliphatic carbocycles. The van der Waals surface area contributed by atoms with Gasteiger partial charge < -0.3 is 10.1 Å². The highest BCUT2D eigenvalue weighted by molar-refractivity contribution is 7.12. The molecule has 4 heteroatoms. The monoisotopic (exact) mass is 296 g/mol. The van der Waals surface area contributed by atoms with Crippen LogP contribution in [0.1, 0.15) is 43.0 Å². The third-order valence-corrected chi connectivity index (χ3v) is 4.74. The Morgan fingerprint density at radius 3 is 2.60 bits per heavy atom. The second-order valence-electron chi connectivity index (χ2n) is 6.28. The highest BCUT2D eigenvalue weighted by Crippen LogP contribution is 2.24. The molecule has 2 heterocycles. The molecule has 2 atom stereocenters. The summed E-state index contributed by atoms with van der Waals surface area (Å²) in [7, 11) is 0. The van der Waals surface area contributed by atoms with Crippen LogP contribution < -0.4 is 5.32 Å². The minimum Gasteiger partial charge on any atom is -0.373 e. The van der Waals surface area contributed by atoms with Gasteiger partial charge in [-0.25, -0.2) is 0 Å². The van der Waals surface area contributed by atoms with Crippen molar-refractivity contribution in [3.63, 3.8) is 0 Å². The van der Waals surface area contributed by atoms with Crippen LogP contribution in [0.4, 0.5) is 0 Å². The molecule has 0 bridgehead atoms. The van der Waals surface area contributed by atoms with Gasteiger partial charge >= 0.3 is 0 Å². The van der Waals surface area contributed by atoms with Gasteiger partial charge in [-0.15, -0.1) is 11.3 Å². The van der Waals surface area contributed by atoms with E-state index in [1.165, 1.54) is 15.3 Å². The first kappa shape index (κ1) is 16.0. The molecule has 0 saturated carbocycles. The Labute approximate surface area is 127 Å². The third-order valence-electron chi connectivity index (χ3n) is 3.65. The molecule has 2 rings (SSSR count). The van der Waals surface area contributed by atoms with Crippen molar-refractivity contribution in [3.8, 4) is 0 Å². The number of thiophene rings is 1. The van der Waals surface area contributed by atoms with Crippen molar-refractivity contribution >= 4 is 11.3 Å². The minimum absolute atomic E-state index is 0.347. The SMILES string of the molecule is Cc1sc(CNC(C)C)cc1CN1C[C@@H](C)O[C@@H](C)C1. The molecule has 1 N–H and O–H groups in total. The summed E-state index contributed by atoms with van der Waals surface area (Å²) in [5, 5.41) is 3.50. The molecule has 1 aromatic heterocycles. The highest BCUT2D eigenvalue weighted by atomic mass is 32.1. The van der Waals surface area contributed by atoms with Gasteiger partial charge in [0.1, 0.15) is 0 Å². The van der Waals surface area contributed by atoms with Crippen molar-refractivity contribution in [1.82, 2.24) is 10.2 Å². The van der Waals surface area contributed by atoms with Crippen LogP contribution in [0.5, 0.6) is 0 Å². The zero-order valence-electron chi connectivity index (χ0n) is 13.4. The lowest BCUT2D eigenvalue weighted by Gasteiger charge is -2.35. The van der Waals surface area contributed by atoms with Crippen LogP contribution in [-0.2, 0) is 17.8 Å². The number of aryl methyl sites for hydroxylation is 1. The van der Waals surface area contributed by atoms with E-state index in [0.29, 0.717) is 18.2 Å². The number of ether oxygens (including phenoxy) is 1. The van der Waals surface area contributed by atoms with Crippen LogP contribution in [0, 0.1) is 6.92 Å². The van der Waals surface area contributed by atoms with Crippen molar-refractivity contribution in [2.45, 2.75) is 66.0 Å². The lowest BCUT2D eigenvalue weighted by molar-refractivity contribution is -0.0705. The van der Waals surface area contributed by atoms with Crippen molar-refractivity contribution < 1.29 is 4.74 Å². The molecule has 1 fully saturated rings. The average molecular weight is 296 g/mol. The van der Waals surface area contributed by atoms with Gasteiger partial charge in [0.05, 0.1) is 12.2 Å². The van der Waals surface area contributed by atoms with Crippen molar-refractivity contribution in [3.05, 3.63) is 21.4 Å². The zero-order valence-corrected chi connectivity index (χ0v) is 14.2. The van der Waals surface area contributed by atoms with Crippen molar-refractivity contribution in [2.75, 3.05) is 13.1 Å². The van der Waals surface area contributed by atoms with Crippen LogP contribution in [0.3, 0.4) is 0 Å². The second kappa shape index (κ2) is 7.03. The smallest absolute Gasteiger partial charge is 0.0678 e. The number of hydrogen-bond acceptors (Lipinski definition) is 4. The number of nitrogens with zero attached hydrogens (tertiary/aromatic N) is 1. The predicted molar refractivity (Wildman–Crippen MR) is 86.3 cm³/mol. The van der Waals surface area contributed by atoms with Gasteiger partial charge in [0, 0.05) is 42.0 Å². The Bertz CT molecular complexity index is 420. The van der Waals surface area contributed by atoms with E-state index in [1.807, 2.05) is 11.3 Å². The molecule has 1 saturated heterocycles.